The van der Waals surface area contributed by atoms with Crippen molar-refractivity contribution in [2.45, 2.75) is 5.25 Å². The first kappa shape index (κ1) is 11.5. The van der Waals surface area contributed by atoms with Gasteiger partial charge >= 0.3 is 5.97 Å². The van der Waals surface area contributed by atoms with Crippen molar-refractivity contribution in [1.29, 1.82) is 0 Å². The van der Waals surface area contributed by atoms with E-state index in [9.17, 15) is 9.00 Å². The van der Waals surface area contributed by atoms with Gasteiger partial charge in [-0.15, -0.1) is 6.42 Å². The van der Waals surface area contributed by atoms with Gasteiger partial charge in [0.05, 0.1) is 16.6 Å². The van der Waals surface area contributed by atoms with E-state index in [2.05, 4.69) is 5.92 Å². The fourth-order valence-corrected chi connectivity index (χ4v) is 2.22. The molecular formula is C11H10O3S. The lowest BCUT2D eigenvalue weighted by Gasteiger charge is -2.10. The monoisotopic (exact) mass is 222 g/mol. The molecule has 1 aromatic rings. The third kappa shape index (κ3) is 2.93. The van der Waals surface area contributed by atoms with Crippen LogP contribution in [-0.4, -0.2) is 21.0 Å². The summed E-state index contributed by atoms with van der Waals surface area (Å²) in [5.74, 6) is 1.04. The van der Waals surface area contributed by atoms with Crippen molar-refractivity contribution in [2.24, 2.45) is 0 Å². The van der Waals surface area contributed by atoms with Crippen LogP contribution in [0.1, 0.15) is 10.8 Å². The Morgan fingerprint density at radius 3 is 2.53 bits per heavy atom. The van der Waals surface area contributed by atoms with Crippen LogP contribution in [0, 0.1) is 12.3 Å². The molecule has 0 heterocycles. The second-order valence-corrected chi connectivity index (χ2v) is 4.38. The smallest absolute Gasteiger partial charge is 0.323 e. The van der Waals surface area contributed by atoms with E-state index in [4.69, 9.17) is 11.5 Å². The van der Waals surface area contributed by atoms with E-state index in [1.807, 2.05) is 0 Å². The minimum atomic E-state index is -1.57. The number of carbonyl (C=O) groups is 1. The fourth-order valence-electron chi connectivity index (χ4n) is 1.20. The molecule has 0 fully saturated rings. The zero-order chi connectivity index (χ0) is 11.3. The first-order chi connectivity index (χ1) is 7.16. The van der Waals surface area contributed by atoms with Crippen LogP contribution in [0.5, 0.6) is 0 Å². The molecular weight excluding hydrogens is 212 g/mol. The van der Waals surface area contributed by atoms with Crippen LogP contribution < -0.4 is 0 Å². The first-order valence-electron chi connectivity index (χ1n) is 4.25. The summed E-state index contributed by atoms with van der Waals surface area (Å²) in [6, 6.07) is 8.45. The molecule has 0 saturated carbocycles. The lowest BCUT2D eigenvalue weighted by atomic mass is 10.1. The molecule has 0 aliphatic carbocycles. The van der Waals surface area contributed by atoms with Crippen molar-refractivity contribution in [3.8, 4) is 12.3 Å². The van der Waals surface area contributed by atoms with Crippen molar-refractivity contribution in [3.05, 3.63) is 35.9 Å². The van der Waals surface area contributed by atoms with Gasteiger partial charge in [-0.2, -0.15) is 0 Å². The number of terminal acetylenes is 1. The molecule has 0 bridgehead atoms. The summed E-state index contributed by atoms with van der Waals surface area (Å²) in [4.78, 5) is 11.0. The number of benzene rings is 1. The number of hydrogen-bond donors (Lipinski definition) is 1. The van der Waals surface area contributed by atoms with Crippen LogP contribution in [0.15, 0.2) is 30.3 Å². The van der Waals surface area contributed by atoms with Gasteiger partial charge in [0.25, 0.3) is 0 Å². The Morgan fingerprint density at radius 1 is 1.47 bits per heavy atom. The van der Waals surface area contributed by atoms with Gasteiger partial charge in [-0.1, -0.05) is 36.3 Å². The Labute approximate surface area is 90.6 Å². The van der Waals surface area contributed by atoms with Crippen LogP contribution in [0.3, 0.4) is 0 Å². The van der Waals surface area contributed by atoms with Crippen LogP contribution in [0.2, 0.25) is 0 Å². The van der Waals surface area contributed by atoms with Gasteiger partial charge in [-0.25, -0.2) is 0 Å². The third-order valence-corrected chi connectivity index (χ3v) is 3.27. The molecule has 0 aromatic heterocycles. The van der Waals surface area contributed by atoms with E-state index >= 15 is 0 Å². The molecule has 15 heavy (non-hydrogen) atoms. The number of aliphatic carboxylic acids is 1. The zero-order valence-corrected chi connectivity index (χ0v) is 8.74. The van der Waals surface area contributed by atoms with E-state index in [1.165, 1.54) is 0 Å². The van der Waals surface area contributed by atoms with E-state index in [0.29, 0.717) is 5.56 Å². The average Bonchev–Trinajstić information content (AvgIpc) is 2.19. The van der Waals surface area contributed by atoms with E-state index in [-0.39, 0.29) is 5.75 Å². The Bertz CT molecular complexity index is 406. The van der Waals surface area contributed by atoms with Gasteiger partial charge in [0.2, 0.25) is 0 Å². The van der Waals surface area contributed by atoms with Gasteiger partial charge in [-0.05, 0) is 5.56 Å². The second-order valence-electron chi connectivity index (χ2n) is 2.86. The SMILES string of the molecule is C#CCS(=O)C(C(=O)O)c1ccccc1. The van der Waals surface area contributed by atoms with Crippen molar-refractivity contribution in [3.63, 3.8) is 0 Å². The number of hydrogen-bond acceptors (Lipinski definition) is 2. The fraction of sp³-hybridized carbons (Fsp3) is 0.182. The van der Waals surface area contributed by atoms with Crippen LogP contribution in [0.25, 0.3) is 0 Å². The molecule has 0 spiro atoms. The summed E-state index contributed by atoms with van der Waals surface area (Å²) in [6.45, 7) is 0. The number of rotatable bonds is 4. The highest BCUT2D eigenvalue weighted by molar-refractivity contribution is 7.86. The molecule has 2 atom stereocenters. The van der Waals surface area contributed by atoms with Crippen molar-refractivity contribution >= 4 is 16.8 Å². The highest BCUT2D eigenvalue weighted by atomic mass is 32.2. The standard InChI is InChI=1S/C11H10O3S/c1-2-8-15(14)10(11(12)13)9-6-4-3-5-7-9/h1,3-7,10H,8H2,(H,12,13). The van der Waals surface area contributed by atoms with Gasteiger partial charge < -0.3 is 5.11 Å². The Morgan fingerprint density at radius 2 is 2.07 bits per heavy atom. The summed E-state index contributed by atoms with van der Waals surface area (Å²) in [5, 5.41) is 7.92. The largest absolute Gasteiger partial charge is 0.480 e. The van der Waals surface area contributed by atoms with Crippen molar-refractivity contribution in [1.82, 2.24) is 0 Å². The maximum absolute atomic E-state index is 11.6. The highest BCUT2D eigenvalue weighted by Gasteiger charge is 2.25. The molecule has 1 N–H and O–H groups in total. The van der Waals surface area contributed by atoms with Crippen LogP contribution in [0.4, 0.5) is 0 Å². The summed E-state index contributed by atoms with van der Waals surface area (Å²) < 4.78 is 11.6. The molecule has 0 radical (unpaired) electrons. The van der Waals surface area contributed by atoms with Crippen molar-refractivity contribution in [2.75, 3.05) is 5.75 Å². The number of carboxylic acids is 1. The molecule has 4 heteroatoms. The highest BCUT2D eigenvalue weighted by Crippen LogP contribution is 2.19. The summed E-state index contributed by atoms with van der Waals surface area (Å²) >= 11 is 0. The van der Waals surface area contributed by atoms with E-state index in [0.717, 1.165) is 0 Å². The molecule has 0 aliphatic rings. The van der Waals surface area contributed by atoms with Crippen LogP contribution >= 0.6 is 0 Å². The second kappa shape index (κ2) is 5.32. The Hall–Kier alpha value is -1.60. The number of carboxylic acid groups (broad SMARTS) is 1. The minimum absolute atomic E-state index is 0.0497. The maximum atomic E-state index is 11.6. The lowest BCUT2D eigenvalue weighted by molar-refractivity contribution is -0.136. The quantitative estimate of drug-likeness (QED) is 0.779. The van der Waals surface area contributed by atoms with E-state index < -0.39 is 22.0 Å². The lowest BCUT2D eigenvalue weighted by Crippen LogP contribution is -2.18. The minimum Gasteiger partial charge on any atom is -0.480 e. The normalized spacial score (nSPS) is 13.8. The molecule has 0 saturated heterocycles. The van der Waals surface area contributed by atoms with Gasteiger partial charge in [-0.3, -0.25) is 9.00 Å². The molecule has 1 rings (SSSR count). The van der Waals surface area contributed by atoms with Crippen LogP contribution in [-0.2, 0) is 15.6 Å². The predicted octanol–water partition coefficient (Wildman–Crippen LogP) is 1.19. The van der Waals surface area contributed by atoms with Gasteiger partial charge in [0, 0.05) is 0 Å². The summed E-state index contributed by atoms with van der Waals surface area (Å²) in [7, 11) is -1.57. The molecule has 3 nitrogen and oxygen atoms in total. The van der Waals surface area contributed by atoms with Crippen molar-refractivity contribution < 1.29 is 14.1 Å². The van der Waals surface area contributed by atoms with E-state index in [1.54, 1.807) is 30.3 Å². The average molecular weight is 222 g/mol. The predicted molar refractivity (Wildman–Crippen MR) is 58.7 cm³/mol. The summed E-state index contributed by atoms with van der Waals surface area (Å²) in [6.07, 6.45) is 5.01. The molecule has 78 valence electrons. The molecule has 2 unspecified atom stereocenters. The Balaban J connectivity index is 3.00. The summed E-state index contributed by atoms with van der Waals surface area (Å²) in [5.41, 5.74) is 0.513. The molecule has 1 aromatic carbocycles. The first-order valence-corrected chi connectivity index (χ1v) is 5.63. The molecule has 0 amide bonds. The van der Waals surface area contributed by atoms with Gasteiger partial charge in [0.15, 0.2) is 5.25 Å². The Kier molecular flexibility index (Phi) is 4.07. The van der Waals surface area contributed by atoms with Gasteiger partial charge in [0.1, 0.15) is 0 Å². The zero-order valence-electron chi connectivity index (χ0n) is 7.92. The maximum Gasteiger partial charge on any atom is 0.323 e. The molecule has 0 aliphatic heterocycles. The third-order valence-electron chi connectivity index (χ3n) is 1.82. The topological polar surface area (TPSA) is 54.4 Å².